The van der Waals surface area contributed by atoms with Gasteiger partial charge in [0.05, 0.1) is 6.42 Å². The highest BCUT2D eigenvalue weighted by Crippen LogP contribution is 2.42. The summed E-state index contributed by atoms with van der Waals surface area (Å²) < 4.78 is 11.1. The highest BCUT2D eigenvalue weighted by molar-refractivity contribution is 7.84. The molecule has 6 heteroatoms. The second kappa shape index (κ2) is 8.51. The molecule has 0 bridgehead atoms. The molecule has 1 aliphatic rings. The van der Waals surface area contributed by atoms with Gasteiger partial charge < -0.3 is 10.4 Å². The molecule has 0 aromatic heterocycles. The van der Waals surface area contributed by atoms with Crippen molar-refractivity contribution >= 4 is 22.7 Å². The van der Waals surface area contributed by atoms with Crippen molar-refractivity contribution in [3.63, 3.8) is 0 Å². The maximum absolute atomic E-state index is 12.2. The number of carboxylic acid groups (broad SMARTS) is 1. The van der Waals surface area contributed by atoms with Gasteiger partial charge in [-0.2, -0.15) is 0 Å². The first-order valence-electron chi connectivity index (χ1n) is 7.64. The lowest BCUT2D eigenvalue weighted by Crippen LogP contribution is -2.39. The molecule has 2 unspecified atom stereocenters. The second-order valence-electron chi connectivity index (χ2n) is 6.34. The van der Waals surface area contributed by atoms with Crippen molar-refractivity contribution in [2.75, 3.05) is 12.0 Å². The number of carbonyl (C=O) groups is 2. The van der Waals surface area contributed by atoms with E-state index in [9.17, 15) is 13.8 Å². The molecular weight excluding hydrogens is 290 g/mol. The van der Waals surface area contributed by atoms with Gasteiger partial charge in [-0.15, -0.1) is 0 Å². The van der Waals surface area contributed by atoms with E-state index in [4.69, 9.17) is 5.11 Å². The highest BCUT2D eigenvalue weighted by atomic mass is 32.2. The van der Waals surface area contributed by atoms with Crippen LogP contribution in [0.4, 0.5) is 0 Å². The van der Waals surface area contributed by atoms with Crippen molar-refractivity contribution in [2.45, 2.75) is 64.3 Å². The fourth-order valence-corrected chi connectivity index (χ4v) is 3.81. The molecule has 0 aromatic rings. The molecule has 0 radical (unpaired) electrons. The van der Waals surface area contributed by atoms with Crippen LogP contribution in [0.5, 0.6) is 0 Å². The van der Waals surface area contributed by atoms with E-state index in [1.54, 1.807) is 6.26 Å². The van der Waals surface area contributed by atoms with Crippen LogP contribution < -0.4 is 5.32 Å². The lowest BCUT2D eigenvalue weighted by atomic mass is 9.69. The molecule has 1 rings (SSSR count). The Bertz CT molecular complexity index is 391. The van der Waals surface area contributed by atoms with Crippen molar-refractivity contribution in [1.29, 1.82) is 0 Å². The van der Waals surface area contributed by atoms with Gasteiger partial charge in [0.2, 0.25) is 5.91 Å². The summed E-state index contributed by atoms with van der Waals surface area (Å²) >= 11 is 0. The number of carbonyl (C=O) groups excluding carboxylic acids is 1. The Morgan fingerprint density at radius 2 is 1.86 bits per heavy atom. The first-order valence-corrected chi connectivity index (χ1v) is 9.37. The van der Waals surface area contributed by atoms with E-state index < -0.39 is 16.8 Å². The first kappa shape index (κ1) is 18.1. The number of hydrogen-bond donors (Lipinski definition) is 2. The molecule has 0 aliphatic heterocycles. The smallest absolute Gasteiger partial charge is 0.303 e. The molecule has 0 saturated heterocycles. The van der Waals surface area contributed by atoms with Gasteiger partial charge in [0.25, 0.3) is 0 Å². The van der Waals surface area contributed by atoms with Crippen molar-refractivity contribution in [3.05, 3.63) is 0 Å². The predicted molar refractivity (Wildman–Crippen MR) is 83.5 cm³/mol. The third-order valence-electron chi connectivity index (χ3n) is 4.22. The molecule has 1 amide bonds. The van der Waals surface area contributed by atoms with Gasteiger partial charge >= 0.3 is 5.97 Å². The maximum Gasteiger partial charge on any atom is 0.303 e. The molecule has 0 spiro atoms. The zero-order valence-corrected chi connectivity index (χ0v) is 13.8. The van der Waals surface area contributed by atoms with Crippen LogP contribution in [-0.2, 0) is 20.4 Å². The summed E-state index contributed by atoms with van der Waals surface area (Å²) in [6.45, 7) is 1.90. The summed E-state index contributed by atoms with van der Waals surface area (Å²) in [4.78, 5) is 23.3. The van der Waals surface area contributed by atoms with Gasteiger partial charge in [-0.1, -0.05) is 19.3 Å². The van der Waals surface area contributed by atoms with Gasteiger partial charge in [0.1, 0.15) is 0 Å². The van der Waals surface area contributed by atoms with E-state index in [0.717, 1.165) is 32.1 Å². The molecule has 5 nitrogen and oxygen atoms in total. The van der Waals surface area contributed by atoms with E-state index in [2.05, 4.69) is 5.32 Å². The summed E-state index contributed by atoms with van der Waals surface area (Å²) in [5.41, 5.74) is -0.374. The number of hydrogen-bond acceptors (Lipinski definition) is 3. The minimum absolute atomic E-state index is 0.0214. The molecule has 1 saturated carbocycles. The third kappa shape index (κ3) is 7.07. The standard InChI is InChI=1S/C15H27NO4S/c1-12(6-9-21(2)20)16-13(17)10-15(11-14(18)19)7-4-3-5-8-15/h12H,3-11H2,1-2H3,(H,16,17)(H,18,19). The summed E-state index contributed by atoms with van der Waals surface area (Å²) in [5.74, 6) is -0.325. The fourth-order valence-electron chi connectivity index (χ4n) is 3.12. The number of amides is 1. The van der Waals surface area contributed by atoms with Crippen LogP contribution in [0.15, 0.2) is 0 Å². The number of aliphatic carboxylic acids is 1. The van der Waals surface area contributed by atoms with Gasteiger partial charge in [0, 0.05) is 35.3 Å². The molecule has 1 aliphatic carbocycles. The largest absolute Gasteiger partial charge is 0.481 e. The van der Waals surface area contributed by atoms with Crippen molar-refractivity contribution in [2.24, 2.45) is 5.41 Å². The molecule has 2 atom stereocenters. The Labute approximate surface area is 129 Å². The average molecular weight is 317 g/mol. The molecule has 2 N–H and O–H groups in total. The van der Waals surface area contributed by atoms with Gasteiger partial charge in [-0.3, -0.25) is 13.8 Å². The van der Waals surface area contributed by atoms with Crippen LogP contribution in [0.2, 0.25) is 0 Å². The third-order valence-corrected chi connectivity index (χ3v) is 5.03. The summed E-state index contributed by atoms with van der Waals surface area (Å²) in [5, 5.41) is 12.0. The van der Waals surface area contributed by atoms with Crippen molar-refractivity contribution in [1.82, 2.24) is 5.32 Å². The fraction of sp³-hybridized carbons (Fsp3) is 0.867. The summed E-state index contributed by atoms with van der Waals surface area (Å²) in [7, 11) is -0.852. The second-order valence-corrected chi connectivity index (χ2v) is 7.90. The van der Waals surface area contributed by atoms with E-state index in [-0.39, 0.29) is 23.8 Å². The zero-order valence-electron chi connectivity index (χ0n) is 13.0. The lowest BCUT2D eigenvalue weighted by molar-refractivity contribution is -0.141. The highest BCUT2D eigenvalue weighted by Gasteiger charge is 2.36. The zero-order chi connectivity index (χ0) is 15.9. The van der Waals surface area contributed by atoms with E-state index >= 15 is 0 Å². The monoisotopic (exact) mass is 317 g/mol. The Kier molecular flexibility index (Phi) is 7.35. The molecule has 21 heavy (non-hydrogen) atoms. The molecular formula is C15H27NO4S. The van der Waals surface area contributed by atoms with E-state index in [1.807, 2.05) is 6.92 Å². The first-order chi connectivity index (χ1) is 9.83. The predicted octanol–water partition coefficient (Wildman–Crippen LogP) is 2.07. The van der Waals surface area contributed by atoms with E-state index in [1.165, 1.54) is 0 Å². The van der Waals surface area contributed by atoms with Gasteiger partial charge in [0.15, 0.2) is 0 Å². The normalized spacial score (nSPS) is 20.5. The Morgan fingerprint density at radius 3 is 2.38 bits per heavy atom. The topological polar surface area (TPSA) is 83.5 Å². The Balaban J connectivity index is 2.51. The summed E-state index contributed by atoms with van der Waals surface area (Å²) in [6.07, 6.45) is 7.48. The number of rotatable bonds is 8. The van der Waals surface area contributed by atoms with Crippen molar-refractivity contribution in [3.8, 4) is 0 Å². The van der Waals surface area contributed by atoms with Crippen molar-refractivity contribution < 1.29 is 18.9 Å². The molecule has 122 valence electrons. The van der Waals surface area contributed by atoms with Gasteiger partial charge in [-0.25, -0.2) is 0 Å². The molecule has 0 heterocycles. The van der Waals surface area contributed by atoms with Crippen LogP contribution in [0, 0.1) is 5.41 Å². The van der Waals surface area contributed by atoms with Gasteiger partial charge in [-0.05, 0) is 31.6 Å². The lowest BCUT2D eigenvalue weighted by Gasteiger charge is -2.35. The Morgan fingerprint density at radius 1 is 1.24 bits per heavy atom. The maximum atomic E-state index is 12.2. The van der Waals surface area contributed by atoms with Crippen LogP contribution in [0.25, 0.3) is 0 Å². The van der Waals surface area contributed by atoms with Crippen LogP contribution in [0.1, 0.15) is 58.3 Å². The SMILES string of the molecule is CC(CCS(C)=O)NC(=O)CC1(CC(=O)O)CCCCC1. The van der Waals surface area contributed by atoms with Crippen LogP contribution in [0.3, 0.4) is 0 Å². The Hall–Kier alpha value is -0.910. The molecule has 1 fully saturated rings. The minimum Gasteiger partial charge on any atom is -0.481 e. The minimum atomic E-state index is -0.852. The average Bonchev–Trinajstić information content (AvgIpc) is 2.35. The van der Waals surface area contributed by atoms with E-state index in [0.29, 0.717) is 18.6 Å². The van der Waals surface area contributed by atoms with Crippen LogP contribution in [-0.4, -0.2) is 39.2 Å². The summed E-state index contributed by atoms with van der Waals surface area (Å²) in [6, 6.07) is -0.0214. The quantitative estimate of drug-likeness (QED) is 0.718. The number of carboxylic acids is 1. The van der Waals surface area contributed by atoms with Crippen LogP contribution >= 0.6 is 0 Å². The number of nitrogens with one attached hydrogen (secondary N) is 1. The molecule has 0 aromatic carbocycles.